The van der Waals surface area contributed by atoms with Crippen LogP contribution >= 0.6 is 0 Å². The zero-order valence-corrected chi connectivity index (χ0v) is 19.8. The number of nitrogens with zero attached hydrogens (tertiary/aromatic N) is 4. The summed E-state index contributed by atoms with van der Waals surface area (Å²) in [5, 5.41) is 16.1. The number of anilines is 1. The molecule has 3 N–H and O–H groups in total. The highest BCUT2D eigenvalue weighted by Gasteiger charge is 2.32. The highest BCUT2D eigenvalue weighted by molar-refractivity contribution is 5.92. The van der Waals surface area contributed by atoms with Crippen LogP contribution in [0.5, 0.6) is 11.5 Å². The normalized spacial score (nSPS) is 14.1. The Labute approximate surface area is 202 Å². The van der Waals surface area contributed by atoms with Gasteiger partial charge in [0, 0.05) is 57.1 Å². The molecule has 0 radical (unpaired) electrons. The third-order valence-corrected chi connectivity index (χ3v) is 5.67. The topological polar surface area (TPSA) is 129 Å². The third kappa shape index (κ3) is 5.35. The molecule has 1 saturated heterocycles. The Morgan fingerprint density at radius 2 is 1.66 bits per heavy atom. The van der Waals surface area contributed by atoms with Gasteiger partial charge in [-0.3, -0.25) is 14.7 Å². The summed E-state index contributed by atoms with van der Waals surface area (Å²) in [6, 6.07) is 9.94. The maximum absolute atomic E-state index is 12.7. The van der Waals surface area contributed by atoms with Crippen molar-refractivity contribution in [3.05, 3.63) is 48.8 Å². The van der Waals surface area contributed by atoms with E-state index in [0.29, 0.717) is 43.5 Å². The summed E-state index contributed by atoms with van der Waals surface area (Å²) >= 11 is 0. The Morgan fingerprint density at radius 1 is 0.971 bits per heavy atom. The molecule has 3 aromatic rings. The van der Waals surface area contributed by atoms with Gasteiger partial charge in [-0.25, -0.2) is 14.6 Å². The van der Waals surface area contributed by atoms with Gasteiger partial charge in [0.25, 0.3) is 5.91 Å². The van der Waals surface area contributed by atoms with E-state index in [1.165, 1.54) is 24.6 Å². The van der Waals surface area contributed by atoms with Crippen LogP contribution in [0.3, 0.4) is 0 Å². The minimum Gasteiger partial charge on any atom is -0.457 e. The Bertz CT molecular complexity index is 1260. The van der Waals surface area contributed by atoms with E-state index < -0.39 is 5.60 Å². The van der Waals surface area contributed by atoms with E-state index in [2.05, 4.69) is 15.6 Å². The molecule has 0 aliphatic carbocycles. The average Bonchev–Trinajstić information content (AvgIpc) is 3.26. The molecule has 1 fully saturated rings. The number of hydrogen-bond acceptors (Lipinski definition) is 6. The number of piperazine rings is 1. The van der Waals surface area contributed by atoms with Crippen LogP contribution < -0.4 is 15.4 Å². The fourth-order valence-corrected chi connectivity index (χ4v) is 3.85. The number of benzene rings is 1. The van der Waals surface area contributed by atoms with E-state index in [0.717, 1.165) is 10.9 Å². The van der Waals surface area contributed by atoms with Crippen molar-refractivity contribution in [2.24, 2.45) is 0 Å². The predicted molar refractivity (Wildman–Crippen MR) is 130 cm³/mol. The van der Waals surface area contributed by atoms with Gasteiger partial charge in [0.2, 0.25) is 0 Å². The van der Waals surface area contributed by atoms with Gasteiger partial charge in [0.15, 0.2) is 0 Å². The van der Waals surface area contributed by atoms with Gasteiger partial charge in [0.05, 0.1) is 5.52 Å². The maximum atomic E-state index is 12.7. The summed E-state index contributed by atoms with van der Waals surface area (Å²) in [5.41, 5.74) is -0.684. The third-order valence-electron chi connectivity index (χ3n) is 5.67. The van der Waals surface area contributed by atoms with Gasteiger partial charge in [-0.15, -0.1) is 0 Å². The van der Waals surface area contributed by atoms with Gasteiger partial charge in [-0.1, -0.05) is 0 Å². The van der Waals surface area contributed by atoms with Gasteiger partial charge < -0.3 is 25.0 Å². The first kappa shape index (κ1) is 24.0. The van der Waals surface area contributed by atoms with Crippen molar-refractivity contribution in [1.82, 2.24) is 24.7 Å². The molecular weight excluding hydrogens is 452 g/mol. The lowest BCUT2D eigenvalue weighted by molar-refractivity contribution is -0.149. The van der Waals surface area contributed by atoms with Crippen LogP contribution in [0.4, 0.5) is 15.4 Å². The number of carbonyl (C=O) groups excluding carboxylic acids is 3. The van der Waals surface area contributed by atoms with Gasteiger partial charge in [0.1, 0.15) is 22.9 Å². The van der Waals surface area contributed by atoms with Crippen LogP contribution in [0, 0.1) is 0 Å². The van der Waals surface area contributed by atoms with Crippen molar-refractivity contribution in [3.8, 4) is 11.5 Å². The monoisotopic (exact) mass is 480 g/mol. The second kappa shape index (κ2) is 9.63. The van der Waals surface area contributed by atoms with Crippen molar-refractivity contribution >= 4 is 34.7 Å². The van der Waals surface area contributed by atoms with Crippen molar-refractivity contribution in [1.29, 1.82) is 0 Å². The van der Waals surface area contributed by atoms with Gasteiger partial charge in [-0.05, 0) is 44.2 Å². The molecule has 3 heterocycles. The van der Waals surface area contributed by atoms with Crippen LogP contribution in [-0.4, -0.2) is 81.3 Å². The van der Waals surface area contributed by atoms with Gasteiger partial charge >= 0.3 is 12.1 Å². The molecule has 0 unspecified atom stereocenters. The molecule has 35 heavy (non-hydrogen) atoms. The molecule has 0 atom stereocenters. The SMILES string of the molecule is CNC(=O)n1ccc2cc(Oc3ccnc(NC(=O)N4CCN(C(=O)C(C)(C)O)CC4)c3)ccc21. The number of pyridine rings is 1. The first-order valence-electron chi connectivity index (χ1n) is 11.2. The van der Waals surface area contributed by atoms with Crippen molar-refractivity contribution in [2.75, 3.05) is 38.5 Å². The van der Waals surface area contributed by atoms with Crippen molar-refractivity contribution < 1.29 is 24.2 Å². The number of amides is 4. The summed E-state index contributed by atoms with van der Waals surface area (Å²) in [4.78, 5) is 44.2. The Morgan fingerprint density at radius 3 is 2.34 bits per heavy atom. The minimum absolute atomic E-state index is 0.228. The number of ether oxygens (including phenoxy) is 1. The molecule has 2 aromatic heterocycles. The predicted octanol–water partition coefficient (Wildman–Crippen LogP) is 2.46. The van der Waals surface area contributed by atoms with Crippen LogP contribution in [0.25, 0.3) is 10.9 Å². The zero-order valence-electron chi connectivity index (χ0n) is 19.8. The second-order valence-corrected chi connectivity index (χ2v) is 8.71. The number of hydrogen-bond donors (Lipinski definition) is 3. The fourth-order valence-electron chi connectivity index (χ4n) is 3.85. The Hall–Kier alpha value is -4.12. The molecule has 11 nitrogen and oxygen atoms in total. The lowest BCUT2D eigenvalue weighted by atomic mass is 10.1. The lowest BCUT2D eigenvalue weighted by Crippen LogP contribution is -2.55. The first-order valence-corrected chi connectivity index (χ1v) is 11.2. The molecule has 0 spiro atoms. The first-order chi connectivity index (χ1) is 16.7. The van der Waals surface area contributed by atoms with Crippen molar-refractivity contribution in [3.63, 3.8) is 0 Å². The number of aromatic nitrogens is 2. The number of nitrogens with one attached hydrogen (secondary N) is 2. The average molecular weight is 481 g/mol. The Kier molecular flexibility index (Phi) is 6.61. The highest BCUT2D eigenvalue weighted by atomic mass is 16.5. The van der Waals surface area contributed by atoms with E-state index in [9.17, 15) is 19.5 Å². The molecule has 1 aromatic carbocycles. The lowest BCUT2D eigenvalue weighted by Gasteiger charge is -2.37. The largest absolute Gasteiger partial charge is 0.457 e. The number of carbonyl (C=O) groups is 3. The fraction of sp³-hybridized carbons (Fsp3) is 0.333. The molecule has 184 valence electrons. The molecular formula is C24H28N6O5. The summed E-state index contributed by atoms with van der Waals surface area (Å²) < 4.78 is 7.45. The number of fused-ring (bicyclic) bond motifs is 1. The van der Waals surface area contributed by atoms with Crippen LogP contribution in [0.15, 0.2) is 48.8 Å². The summed E-state index contributed by atoms with van der Waals surface area (Å²) in [6.07, 6.45) is 3.22. The maximum Gasteiger partial charge on any atom is 0.325 e. The van der Waals surface area contributed by atoms with E-state index in [-0.39, 0.29) is 18.0 Å². The van der Waals surface area contributed by atoms with Crippen molar-refractivity contribution in [2.45, 2.75) is 19.4 Å². The Balaban J connectivity index is 1.38. The molecule has 4 amide bonds. The van der Waals surface area contributed by atoms with E-state index >= 15 is 0 Å². The zero-order chi connectivity index (χ0) is 25.2. The van der Waals surface area contributed by atoms with Crippen LogP contribution in [0.2, 0.25) is 0 Å². The smallest absolute Gasteiger partial charge is 0.325 e. The molecule has 1 aliphatic rings. The summed E-state index contributed by atoms with van der Waals surface area (Å²) in [7, 11) is 1.57. The molecule has 4 rings (SSSR count). The van der Waals surface area contributed by atoms with E-state index in [1.54, 1.807) is 47.3 Å². The quantitative estimate of drug-likeness (QED) is 0.526. The van der Waals surface area contributed by atoms with Crippen LogP contribution in [-0.2, 0) is 4.79 Å². The van der Waals surface area contributed by atoms with Crippen LogP contribution in [0.1, 0.15) is 13.8 Å². The number of rotatable bonds is 4. The number of urea groups is 1. The molecule has 11 heteroatoms. The second-order valence-electron chi connectivity index (χ2n) is 8.71. The number of aliphatic hydroxyl groups is 1. The summed E-state index contributed by atoms with van der Waals surface area (Å²) in [5.74, 6) is 1.03. The minimum atomic E-state index is -1.44. The molecule has 1 aliphatic heterocycles. The molecule has 0 saturated carbocycles. The summed E-state index contributed by atoms with van der Waals surface area (Å²) in [6.45, 7) is 4.29. The standard InChI is InChI=1S/C24H28N6O5/c1-24(2,34)21(31)28-10-12-29(13-11-28)23(33)27-20-15-18(6-8-26-20)35-17-4-5-19-16(14-17)7-9-30(19)22(32)25-3/h4-9,14-15,34H,10-13H2,1-3H3,(H,25,32)(H,26,27,33). The highest BCUT2D eigenvalue weighted by Crippen LogP contribution is 2.27. The van der Waals surface area contributed by atoms with Gasteiger partial charge in [-0.2, -0.15) is 0 Å². The van der Waals surface area contributed by atoms with E-state index in [4.69, 9.17) is 4.74 Å². The molecule has 0 bridgehead atoms. The van der Waals surface area contributed by atoms with E-state index in [1.807, 2.05) is 12.1 Å².